The second kappa shape index (κ2) is 9.82. The van der Waals surface area contributed by atoms with Crippen molar-refractivity contribution in [1.82, 2.24) is 10.2 Å². The third kappa shape index (κ3) is 4.94. The zero-order chi connectivity index (χ0) is 25.1. The first-order chi connectivity index (χ1) is 17.4. The number of para-hydroxylation sites is 1. The summed E-state index contributed by atoms with van der Waals surface area (Å²) in [6.07, 6.45) is 4.44. The zero-order valence-corrected chi connectivity index (χ0v) is 20.3. The van der Waals surface area contributed by atoms with E-state index in [0.717, 1.165) is 24.8 Å². The Morgan fingerprint density at radius 3 is 2.47 bits per heavy atom. The molecule has 1 aliphatic carbocycles. The molecule has 0 radical (unpaired) electrons. The van der Waals surface area contributed by atoms with Crippen LogP contribution < -0.4 is 14.8 Å². The van der Waals surface area contributed by atoms with Crippen molar-refractivity contribution in [3.8, 4) is 17.2 Å². The van der Waals surface area contributed by atoms with Crippen LogP contribution in [0.2, 0.25) is 0 Å². The Hall–Kier alpha value is -4.18. The van der Waals surface area contributed by atoms with Crippen molar-refractivity contribution in [2.75, 3.05) is 17.1 Å². The molecule has 0 fully saturated rings. The molecular formula is C26H24N4O5S. The number of fused-ring (bicyclic) bond motifs is 1. The van der Waals surface area contributed by atoms with E-state index in [9.17, 15) is 13.2 Å². The average molecular weight is 505 g/mol. The Morgan fingerprint density at radius 1 is 0.944 bits per heavy atom. The lowest BCUT2D eigenvalue weighted by atomic mass is 9.90. The monoisotopic (exact) mass is 504 g/mol. The van der Waals surface area contributed by atoms with Crippen molar-refractivity contribution in [2.24, 2.45) is 0 Å². The number of aryl methyl sites for hydroxylation is 2. The zero-order valence-electron chi connectivity index (χ0n) is 19.5. The normalized spacial score (nSPS) is 13.0. The van der Waals surface area contributed by atoms with Gasteiger partial charge in [-0.2, -0.15) is 0 Å². The van der Waals surface area contributed by atoms with Gasteiger partial charge in [-0.25, -0.2) is 8.42 Å². The minimum Gasteiger partial charge on any atom is -0.497 e. The molecule has 1 aliphatic rings. The van der Waals surface area contributed by atoms with E-state index >= 15 is 0 Å². The van der Waals surface area contributed by atoms with Gasteiger partial charge in [0.2, 0.25) is 5.89 Å². The number of carbonyl (C=O) groups excluding carboxylic acids is 1. The highest BCUT2D eigenvalue weighted by Crippen LogP contribution is 2.28. The fraction of sp³-hybridized carbons (Fsp3) is 0.192. The number of anilines is 2. The summed E-state index contributed by atoms with van der Waals surface area (Å²) in [5.74, 6) is 0.235. The molecule has 10 heteroatoms. The Kier molecular flexibility index (Phi) is 6.43. The number of benzene rings is 3. The molecule has 9 nitrogen and oxygen atoms in total. The van der Waals surface area contributed by atoms with Crippen LogP contribution in [0.1, 0.15) is 34.3 Å². The maximum Gasteiger partial charge on any atom is 0.322 e. The van der Waals surface area contributed by atoms with E-state index in [2.05, 4.69) is 32.4 Å². The summed E-state index contributed by atoms with van der Waals surface area (Å²) < 4.78 is 39.0. The van der Waals surface area contributed by atoms with Gasteiger partial charge in [0.05, 0.1) is 23.3 Å². The smallest absolute Gasteiger partial charge is 0.322 e. The topological polar surface area (TPSA) is 123 Å². The molecule has 0 saturated carbocycles. The third-order valence-electron chi connectivity index (χ3n) is 6.03. The minimum atomic E-state index is -3.94. The van der Waals surface area contributed by atoms with Gasteiger partial charge in [0.15, 0.2) is 0 Å². The number of hydrogen-bond donors (Lipinski definition) is 2. The molecule has 2 N–H and O–H groups in total. The van der Waals surface area contributed by atoms with E-state index in [1.807, 2.05) is 6.07 Å². The van der Waals surface area contributed by atoms with Crippen molar-refractivity contribution < 1.29 is 22.4 Å². The Bertz CT molecular complexity index is 1510. The molecule has 0 saturated heterocycles. The number of aromatic nitrogens is 2. The molecule has 4 aromatic rings. The summed E-state index contributed by atoms with van der Waals surface area (Å²) in [5, 5.41) is 10.6. The van der Waals surface area contributed by atoms with E-state index in [0.29, 0.717) is 11.6 Å². The molecule has 1 heterocycles. The van der Waals surface area contributed by atoms with Crippen LogP contribution in [-0.4, -0.2) is 31.6 Å². The van der Waals surface area contributed by atoms with Crippen LogP contribution in [-0.2, 0) is 22.9 Å². The number of nitrogens with zero attached hydrogens (tertiary/aromatic N) is 2. The molecule has 1 aromatic heterocycles. The van der Waals surface area contributed by atoms with Gasteiger partial charge in [-0.3, -0.25) is 14.8 Å². The lowest BCUT2D eigenvalue weighted by molar-refractivity contribution is 0.102. The van der Waals surface area contributed by atoms with E-state index in [4.69, 9.17) is 9.15 Å². The van der Waals surface area contributed by atoms with Crippen LogP contribution in [0, 0.1) is 0 Å². The molecule has 0 bridgehead atoms. The average Bonchev–Trinajstić information content (AvgIpc) is 3.37. The third-order valence-corrected chi connectivity index (χ3v) is 7.41. The predicted molar refractivity (Wildman–Crippen MR) is 135 cm³/mol. The van der Waals surface area contributed by atoms with Crippen molar-refractivity contribution in [2.45, 2.75) is 30.6 Å². The standard InChI is InChI=1S/C26H24N4O5S/c1-34-20-12-14-21(15-13-20)36(32,33)30-23-9-5-4-8-22(23)24(31)27-26-29-28-25(35-26)19-11-10-17-6-2-3-7-18(17)16-19/h4-5,8-16,30H,2-3,6-7H2,1H3,(H,27,29,31). The highest BCUT2D eigenvalue weighted by Gasteiger charge is 2.21. The maximum atomic E-state index is 13.0. The Labute approximate surface area is 208 Å². The summed E-state index contributed by atoms with van der Waals surface area (Å²) >= 11 is 0. The molecule has 5 rings (SSSR count). The highest BCUT2D eigenvalue weighted by molar-refractivity contribution is 7.92. The molecule has 36 heavy (non-hydrogen) atoms. The molecular weight excluding hydrogens is 480 g/mol. The van der Waals surface area contributed by atoms with Crippen molar-refractivity contribution in [1.29, 1.82) is 0 Å². The van der Waals surface area contributed by atoms with Gasteiger partial charge in [-0.1, -0.05) is 23.3 Å². The van der Waals surface area contributed by atoms with Crippen molar-refractivity contribution in [3.63, 3.8) is 0 Å². The number of rotatable bonds is 7. The lowest BCUT2D eigenvalue weighted by Crippen LogP contribution is -2.18. The van der Waals surface area contributed by atoms with Crippen LogP contribution in [0.15, 0.2) is 76.0 Å². The molecule has 1 amide bonds. The highest BCUT2D eigenvalue weighted by atomic mass is 32.2. The first-order valence-corrected chi connectivity index (χ1v) is 12.9. The SMILES string of the molecule is COc1ccc(S(=O)(=O)Nc2ccccc2C(=O)Nc2nnc(-c3ccc4c(c3)CCCC4)o2)cc1. The number of sulfonamides is 1. The van der Waals surface area contributed by atoms with Gasteiger partial charge in [0.25, 0.3) is 15.9 Å². The van der Waals surface area contributed by atoms with Gasteiger partial charge >= 0.3 is 6.01 Å². The molecule has 184 valence electrons. The van der Waals surface area contributed by atoms with Gasteiger partial charge in [0.1, 0.15) is 5.75 Å². The predicted octanol–water partition coefficient (Wildman–Crippen LogP) is 4.68. The van der Waals surface area contributed by atoms with E-state index in [1.54, 1.807) is 24.3 Å². The molecule has 0 spiro atoms. The van der Waals surface area contributed by atoms with Gasteiger partial charge in [-0.05, 0) is 85.3 Å². The van der Waals surface area contributed by atoms with E-state index in [-0.39, 0.29) is 22.2 Å². The van der Waals surface area contributed by atoms with Crippen LogP contribution in [0.3, 0.4) is 0 Å². The van der Waals surface area contributed by atoms with Gasteiger partial charge < -0.3 is 9.15 Å². The van der Waals surface area contributed by atoms with Crippen molar-refractivity contribution >= 4 is 27.6 Å². The molecule has 0 unspecified atom stereocenters. The van der Waals surface area contributed by atoms with Crippen LogP contribution in [0.4, 0.5) is 11.7 Å². The van der Waals surface area contributed by atoms with Crippen LogP contribution >= 0.6 is 0 Å². The summed E-state index contributed by atoms with van der Waals surface area (Å²) in [6, 6.07) is 18.2. The lowest BCUT2D eigenvalue weighted by Gasteiger charge is -2.15. The fourth-order valence-corrected chi connectivity index (χ4v) is 5.23. The van der Waals surface area contributed by atoms with E-state index < -0.39 is 15.9 Å². The Morgan fingerprint density at radius 2 is 1.69 bits per heavy atom. The van der Waals surface area contributed by atoms with Crippen LogP contribution in [0.25, 0.3) is 11.5 Å². The summed E-state index contributed by atoms with van der Waals surface area (Å²) in [4.78, 5) is 13.0. The molecule has 0 aliphatic heterocycles. The maximum absolute atomic E-state index is 13.0. The fourth-order valence-electron chi connectivity index (χ4n) is 4.15. The molecule has 3 aromatic carbocycles. The Balaban J connectivity index is 1.33. The number of hydrogen-bond acceptors (Lipinski definition) is 7. The quantitative estimate of drug-likeness (QED) is 0.375. The van der Waals surface area contributed by atoms with Crippen molar-refractivity contribution in [3.05, 3.63) is 83.4 Å². The van der Waals surface area contributed by atoms with Gasteiger partial charge in [-0.15, -0.1) is 5.10 Å². The van der Waals surface area contributed by atoms with Crippen LogP contribution in [0.5, 0.6) is 5.75 Å². The number of ether oxygens (including phenoxy) is 1. The number of nitrogens with one attached hydrogen (secondary N) is 2. The number of methoxy groups -OCH3 is 1. The van der Waals surface area contributed by atoms with E-state index in [1.165, 1.54) is 48.9 Å². The first-order valence-electron chi connectivity index (χ1n) is 11.5. The number of carbonyl (C=O) groups is 1. The minimum absolute atomic E-state index is 0.0325. The van der Waals surface area contributed by atoms with Gasteiger partial charge in [0, 0.05) is 5.56 Å². The summed E-state index contributed by atoms with van der Waals surface area (Å²) in [5.41, 5.74) is 3.62. The summed E-state index contributed by atoms with van der Waals surface area (Å²) in [7, 11) is -2.45. The summed E-state index contributed by atoms with van der Waals surface area (Å²) in [6.45, 7) is 0. The molecule has 0 atom stereocenters. The largest absolute Gasteiger partial charge is 0.497 e. The second-order valence-corrected chi connectivity index (χ2v) is 10.1. The number of amides is 1. The second-order valence-electron chi connectivity index (χ2n) is 8.38. The first kappa shape index (κ1) is 23.6.